The third-order valence-corrected chi connectivity index (χ3v) is 5.58. The average Bonchev–Trinajstić information content (AvgIpc) is 3.04. The van der Waals surface area contributed by atoms with Gasteiger partial charge in [-0.2, -0.15) is 0 Å². The molecule has 0 fully saturated rings. The van der Waals surface area contributed by atoms with Gasteiger partial charge in [-0.25, -0.2) is 0 Å². The summed E-state index contributed by atoms with van der Waals surface area (Å²) >= 11 is 9.80. The predicted molar refractivity (Wildman–Crippen MR) is 98.5 cm³/mol. The molecule has 1 aliphatic carbocycles. The van der Waals surface area contributed by atoms with Crippen LogP contribution in [0.25, 0.3) is 0 Å². The van der Waals surface area contributed by atoms with Gasteiger partial charge in [0.05, 0.1) is 13.2 Å². The van der Waals surface area contributed by atoms with Gasteiger partial charge in [-0.05, 0) is 54.3 Å². The van der Waals surface area contributed by atoms with Crippen LogP contribution in [0.1, 0.15) is 29.5 Å². The topological polar surface area (TPSA) is 21.3 Å². The van der Waals surface area contributed by atoms with E-state index in [0.717, 1.165) is 27.4 Å². The Labute approximate surface area is 149 Å². The Balaban J connectivity index is 1.82. The molecule has 0 saturated carbocycles. The second kappa shape index (κ2) is 5.88. The molecule has 0 aromatic heterocycles. The van der Waals surface area contributed by atoms with Gasteiger partial charge in [-0.15, -0.1) is 0 Å². The second-order valence-corrected chi connectivity index (χ2v) is 7.45. The van der Waals surface area contributed by atoms with E-state index in [4.69, 9.17) is 16.3 Å². The Kier molecular flexibility index (Phi) is 3.86. The van der Waals surface area contributed by atoms with Crippen LogP contribution in [-0.2, 0) is 0 Å². The number of ether oxygens (including phenoxy) is 1. The maximum absolute atomic E-state index is 6.21. The molecule has 0 radical (unpaired) electrons. The number of halogens is 2. The van der Waals surface area contributed by atoms with Gasteiger partial charge < -0.3 is 10.1 Å². The highest BCUT2D eigenvalue weighted by molar-refractivity contribution is 9.10. The summed E-state index contributed by atoms with van der Waals surface area (Å²) in [5.41, 5.74) is 3.65. The first kappa shape index (κ1) is 15.1. The van der Waals surface area contributed by atoms with Crippen LogP contribution >= 0.6 is 27.5 Å². The lowest BCUT2D eigenvalue weighted by Crippen LogP contribution is -2.29. The minimum absolute atomic E-state index is 0.219. The predicted octanol–water partition coefficient (Wildman–Crippen LogP) is 5.94. The lowest BCUT2D eigenvalue weighted by atomic mass is 9.77. The molecule has 1 heterocycles. The van der Waals surface area contributed by atoms with Crippen molar-refractivity contribution in [2.24, 2.45) is 5.92 Å². The monoisotopic (exact) mass is 389 g/mol. The van der Waals surface area contributed by atoms with Crippen molar-refractivity contribution in [1.82, 2.24) is 0 Å². The first-order chi connectivity index (χ1) is 11.2. The van der Waals surface area contributed by atoms with E-state index in [2.05, 4.69) is 51.6 Å². The number of nitrogens with one attached hydrogen (secondary N) is 1. The molecular weight excluding hydrogens is 374 g/mol. The first-order valence-electron chi connectivity index (χ1n) is 7.73. The number of benzene rings is 2. The quantitative estimate of drug-likeness (QED) is 0.641. The number of rotatable bonds is 2. The molecule has 2 aromatic carbocycles. The lowest BCUT2D eigenvalue weighted by molar-refractivity contribution is 0.381. The van der Waals surface area contributed by atoms with E-state index in [-0.39, 0.29) is 6.04 Å². The van der Waals surface area contributed by atoms with Gasteiger partial charge >= 0.3 is 0 Å². The van der Waals surface area contributed by atoms with Crippen molar-refractivity contribution in [3.8, 4) is 5.75 Å². The van der Waals surface area contributed by atoms with E-state index >= 15 is 0 Å². The number of hydrogen-bond donors (Lipinski definition) is 1. The molecule has 3 atom stereocenters. The largest absolute Gasteiger partial charge is 0.496 e. The van der Waals surface area contributed by atoms with Gasteiger partial charge in [0, 0.05) is 26.7 Å². The molecule has 2 aliphatic rings. The zero-order valence-corrected chi connectivity index (χ0v) is 15.1. The van der Waals surface area contributed by atoms with E-state index in [0.29, 0.717) is 11.8 Å². The van der Waals surface area contributed by atoms with Gasteiger partial charge in [-0.1, -0.05) is 39.7 Å². The molecule has 4 rings (SSSR count). The van der Waals surface area contributed by atoms with Gasteiger partial charge in [0.2, 0.25) is 0 Å². The summed E-state index contributed by atoms with van der Waals surface area (Å²) in [7, 11) is 1.73. The van der Waals surface area contributed by atoms with Gasteiger partial charge in [0.1, 0.15) is 5.75 Å². The average molecular weight is 391 g/mol. The van der Waals surface area contributed by atoms with Crippen molar-refractivity contribution in [1.29, 1.82) is 0 Å². The highest BCUT2D eigenvalue weighted by Gasteiger charge is 2.39. The number of anilines is 1. The SMILES string of the molecule is COc1ccc(Br)cc1[C@@H]1Nc2ccc(Cl)cc2[C@H]2C=CC[C@H]21. The molecule has 2 aromatic rings. The molecule has 0 amide bonds. The van der Waals surface area contributed by atoms with Crippen molar-refractivity contribution in [2.45, 2.75) is 18.4 Å². The third kappa shape index (κ3) is 2.56. The first-order valence-corrected chi connectivity index (χ1v) is 8.90. The summed E-state index contributed by atoms with van der Waals surface area (Å²) < 4.78 is 6.68. The Morgan fingerprint density at radius 1 is 1.17 bits per heavy atom. The minimum atomic E-state index is 0.219. The fraction of sp³-hybridized carbons (Fsp3) is 0.263. The smallest absolute Gasteiger partial charge is 0.124 e. The standard InChI is InChI=1S/C19H17BrClNO/c1-23-18-8-5-11(20)9-16(18)19-14-4-2-3-13(14)15-10-12(21)6-7-17(15)22-19/h2-3,5-10,13-14,19,22H,4H2,1H3/t13-,14+,19+/m0/s1. The Hall–Kier alpha value is -1.45. The third-order valence-electron chi connectivity index (χ3n) is 4.85. The number of methoxy groups -OCH3 is 1. The molecule has 4 heteroatoms. The van der Waals surface area contributed by atoms with Crippen LogP contribution in [0, 0.1) is 5.92 Å². The van der Waals surface area contributed by atoms with E-state index in [1.807, 2.05) is 18.2 Å². The van der Waals surface area contributed by atoms with Crippen LogP contribution in [0.3, 0.4) is 0 Å². The molecular formula is C19H17BrClNO. The number of fused-ring (bicyclic) bond motifs is 3. The second-order valence-electron chi connectivity index (χ2n) is 6.09. The van der Waals surface area contributed by atoms with E-state index in [1.54, 1.807) is 7.11 Å². The molecule has 0 spiro atoms. The highest BCUT2D eigenvalue weighted by atomic mass is 79.9. The van der Waals surface area contributed by atoms with Crippen molar-refractivity contribution >= 4 is 33.2 Å². The zero-order chi connectivity index (χ0) is 16.0. The van der Waals surface area contributed by atoms with Crippen LogP contribution in [0.15, 0.2) is 53.0 Å². The molecule has 23 heavy (non-hydrogen) atoms. The van der Waals surface area contributed by atoms with E-state index in [9.17, 15) is 0 Å². The van der Waals surface area contributed by atoms with E-state index in [1.165, 1.54) is 11.1 Å². The molecule has 2 nitrogen and oxygen atoms in total. The van der Waals surface area contributed by atoms with E-state index < -0.39 is 0 Å². The normalized spacial score (nSPS) is 24.7. The van der Waals surface area contributed by atoms with Crippen molar-refractivity contribution in [2.75, 3.05) is 12.4 Å². The van der Waals surface area contributed by atoms with Crippen molar-refractivity contribution < 1.29 is 4.74 Å². The zero-order valence-electron chi connectivity index (χ0n) is 12.7. The van der Waals surface area contributed by atoms with Crippen molar-refractivity contribution in [3.05, 3.63) is 69.2 Å². The highest BCUT2D eigenvalue weighted by Crippen LogP contribution is 2.51. The summed E-state index contributed by atoms with van der Waals surface area (Å²) in [6.07, 6.45) is 5.66. The molecule has 1 aliphatic heterocycles. The van der Waals surface area contributed by atoms with Crippen LogP contribution in [0.2, 0.25) is 5.02 Å². The summed E-state index contributed by atoms with van der Waals surface area (Å²) in [5, 5.41) is 4.51. The van der Waals surface area contributed by atoms with Crippen LogP contribution in [0.5, 0.6) is 5.75 Å². The van der Waals surface area contributed by atoms with Gasteiger partial charge in [0.15, 0.2) is 0 Å². The van der Waals surface area contributed by atoms with Gasteiger partial charge in [0.25, 0.3) is 0 Å². The molecule has 1 N–H and O–H groups in total. The Morgan fingerprint density at radius 2 is 2.04 bits per heavy atom. The summed E-state index contributed by atoms with van der Waals surface area (Å²) in [6.45, 7) is 0. The fourth-order valence-electron chi connectivity index (χ4n) is 3.82. The number of allylic oxidation sites excluding steroid dienone is 2. The maximum atomic E-state index is 6.21. The van der Waals surface area contributed by atoms with Gasteiger partial charge in [-0.3, -0.25) is 0 Å². The molecule has 0 unspecified atom stereocenters. The molecule has 0 saturated heterocycles. The summed E-state index contributed by atoms with van der Waals surface area (Å²) in [4.78, 5) is 0. The maximum Gasteiger partial charge on any atom is 0.124 e. The minimum Gasteiger partial charge on any atom is -0.496 e. The number of hydrogen-bond acceptors (Lipinski definition) is 2. The Bertz CT molecular complexity index is 789. The van der Waals surface area contributed by atoms with Crippen LogP contribution in [-0.4, -0.2) is 7.11 Å². The fourth-order valence-corrected chi connectivity index (χ4v) is 4.38. The summed E-state index contributed by atoms with van der Waals surface area (Å²) in [6, 6.07) is 12.5. The molecule has 0 bridgehead atoms. The molecule has 118 valence electrons. The van der Waals surface area contributed by atoms with Crippen molar-refractivity contribution in [3.63, 3.8) is 0 Å². The summed E-state index contributed by atoms with van der Waals surface area (Å²) in [5.74, 6) is 1.80. The Morgan fingerprint density at radius 3 is 2.87 bits per heavy atom. The van der Waals surface area contributed by atoms with Crippen LogP contribution in [0.4, 0.5) is 5.69 Å². The van der Waals surface area contributed by atoms with Crippen LogP contribution < -0.4 is 10.1 Å². The lowest BCUT2D eigenvalue weighted by Gasteiger charge is -2.38.